The molecule has 0 aliphatic carbocycles. The molecule has 230 valence electrons. The highest BCUT2D eigenvalue weighted by atomic mass is 35.5. The average molecular weight is 655 g/mol. The highest BCUT2D eigenvalue weighted by Gasteiger charge is 2.34. The second-order valence-corrected chi connectivity index (χ2v) is 12.6. The lowest BCUT2D eigenvalue weighted by atomic mass is 10.0. The molecule has 0 aromatic heterocycles. The van der Waals surface area contributed by atoms with Gasteiger partial charge >= 0.3 is 0 Å². The maximum absolute atomic E-state index is 14.4. The summed E-state index contributed by atoms with van der Waals surface area (Å²) in [5.41, 5.74) is 1.69. The van der Waals surface area contributed by atoms with Crippen LogP contribution < -0.4 is 14.4 Å². The van der Waals surface area contributed by atoms with Gasteiger partial charge in [0.2, 0.25) is 11.8 Å². The van der Waals surface area contributed by atoms with Crippen molar-refractivity contribution in [1.29, 1.82) is 0 Å². The second kappa shape index (κ2) is 15.1. The van der Waals surface area contributed by atoms with Gasteiger partial charge in [-0.05, 0) is 60.5 Å². The number of nitrogens with zero attached hydrogens (tertiary/aromatic N) is 2. The van der Waals surface area contributed by atoms with Gasteiger partial charge in [0, 0.05) is 19.5 Å². The lowest BCUT2D eigenvalue weighted by Crippen LogP contribution is -2.53. The fourth-order valence-corrected chi connectivity index (χ4v) is 6.42. The molecule has 0 aliphatic heterocycles. The van der Waals surface area contributed by atoms with E-state index in [1.165, 1.54) is 35.2 Å². The summed E-state index contributed by atoms with van der Waals surface area (Å²) in [6, 6.07) is 27.7. The van der Waals surface area contributed by atoms with Gasteiger partial charge in [-0.15, -0.1) is 0 Å². The number of hydrogen-bond donors (Lipinski definition) is 1. The Bertz CT molecular complexity index is 1690. The Morgan fingerprint density at radius 1 is 0.841 bits per heavy atom. The van der Waals surface area contributed by atoms with Gasteiger partial charge in [0.25, 0.3) is 10.0 Å². The molecule has 0 bridgehead atoms. The van der Waals surface area contributed by atoms with Crippen LogP contribution in [0.15, 0.2) is 108 Å². The number of ether oxygens (including phenoxy) is 1. The van der Waals surface area contributed by atoms with Crippen LogP contribution in [0.25, 0.3) is 0 Å². The number of rotatable bonds is 13. The number of carbonyl (C=O) groups is 2. The topological polar surface area (TPSA) is 96.0 Å². The Balaban J connectivity index is 1.81. The Morgan fingerprint density at radius 3 is 2.14 bits per heavy atom. The van der Waals surface area contributed by atoms with Crippen molar-refractivity contribution in [2.24, 2.45) is 0 Å². The largest absolute Gasteiger partial charge is 0.497 e. The van der Waals surface area contributed by atoms with Gasteiger partial charge in [0.05, 0.1) is 27.7 Å². The van der Waals surface area contributed by atoms with Gasteiger partial charge < -0.3 is 15.0 Å². The number of amides is 2. The molecule has 1 N–H and O–H groups in total. The van der Waals surface area contributed by atoms with E-state index in [-0.39, 0.29) is 39.5 Å². The Labute approximate surface area is 268 Å². The molecule has 0 aliphatic rings. The summed E-state index contributed by atoms with van der Waals surface area (Å²) in [6.07, 6.45) is 0.209. The van der Waals surface area contributed by atoms with Crippen LogP contribution in [-0.2, 0) is 32.6 Å². The number of anilines is 1. The highest BCUT2D eigenvalue weighted by molar-refractivity contribution is 7.92. The third kappa shape index (κ3) is 8.11. The van der Waals surface area contributed by atoms with Crippen molar-refractivity contribution in [2.45, 2.75) is 30.8 Å². The minimum Gasteiger partial charge on any atom is -0.497 e. The highest BCUT2D eigenvalue weighted by Crippen LogP contribution is 2.31. The summed E-state index contributed by atoms with van der Waals surface area (Å²) >= 11 is 12.4. The minimum atomic E-state index is -4.25. The van der Waals surface area contributed by atoms with Crippen molar-refractivity contribution in [3.63, 3.8) is 0 Å². The standard InChI is InChI=1S/C33H33Cl2N3O5S/c1-3-36-33(40)31(20-24-11-6-4-7-12-24)37(22-25-13-10-14-27(19-25)43-2)32(39)23-38(26-17-18-29(34)30(35)21-26)44(41,42)28-15-8-5-9-16-28/h4-19,21,31H,3,20,22-23H2,1-2H3,(H,36,40). The molecule has 44 heavy (non-hydrogen) atoms. The zero-order valence-corrected chi connectivity index (χ0v) is 26.6. The maximum atomic E-state index is 14.4. The smallest absolute Gasteiger partial charge is 0.264 e. The minimum absolute atomic E-state index is 0.0113. The molecule has 2 amide bonds. The molecule has 0 saturated carbocycles. The molecule has 0 radical (unpaired) electrons. The number of benzene rings is 4. The Hall–Kier alpha value is -4.05. The lowest BCUT2D eigenvalue weighted by molar-refractivity contribution is -0.140. The number of hydrogen-bond acceptors (Lipinski definition) is 5. The number of carbonyl (C=O) groups excluding carboxylic acids is 2. The van der Waals surface area contributed by atoms with E-state index in [1.54, 1.807) is 50.4 Å². The summed E-state index contributed by atoms with van der Waals surface area (Å²) in [5.74, 6) is -0.373. The summed E-state index contributed by atoms with van der Waals surface area (Å²) < 4.78 is 34.4. The fourth-order valence-electron chi connectivity index (χ4n) is 4.70. The van der Waals surface area contributed by atoms with Gasteiger partial charge in [-0.2, -0.15) is 0 Å². The SMILES string of the molecule is CCNC(=O)C(Cc1ccccc1)N(Cc1cccc(OC)c1)C(=O)CN(c1ccc(Cl)c(Cl)c1)S(=O)(=O)c1ccccc1. The van der Waals surface area contributed by atoms with Crippen LogP contribution >= 0.6 is 23.2 Å². The van der Waals surface area contributed by atoms with E-state index >= 15 is 0 Å². The van der Waals surface area contributed by atoms with Crippen molar-refractivity contribution in [3.05, 3.63) is 124 Å². The number of nitrogens with one attached hydrogen (secondary N) is 1. The quantitative estimate of drug-likeness (QED) is 0.192. The summed E-state index contributed by atoms with van der Waals surface area (Å²) in [5, 5.41) is 3.20. The summed E-state index contributed by atoms with van der Waals surface area (Å²) in [7, 11) is -2.71. The first kappa shape index (κ1) is 32.9. The van der Waals surface area contributed by atoms with Crippen molar-refractivity contribution >= 4 is 50.7 Å². The van der Waals surface area contributed by atoms with Crippen molar-refractivity contribution in [1.82, 2.24) is 10.2 Å². The van der Waals surface area contributed by atoms with Crippen LogP contribution in [0.4, 0.5) is 5.69 Å². The molecule has 0 fully saturated rings. The Morgan fingerprint density at radius 2 is 1.50 bits per heavy atom. The van der Waals surface area contributed by atoms with Crippen molar-refractivity contribution in [3.8, 4) is 5.75 Å². The molecule has 4 aromatic rings. The average Bonchev–Trinajstić information content (AvgIpc) is 3.03. The fraction of sp³-hybridized carbons (Fsp3) is 0.212. The lowest BCUT2D eigenvalue weighted by Gasteiger charge is -2.34. The van der Waals surface area contributed by atoms with Crippen LogP contribution in [0.3, 0.4) is 0 Å². The zero-order chi connectivity index (χ0) is 31.7. The molecule has 0 spiro atoms. The van der Waals surface area contributed by atoms with Crippen LogP contribution in [0.5, 0.6) is 5.75 Å². The molecule has 0 heterocycles. The van der Waals surface area contributed by atoms with E-state index in [0.717, 1.165) is 9.87 Å². The van der Waals surface area contributed by atoms with E-state index in [1.807, 2.05) is 36.4 Å². The molecule has 11 heteroatoms. The van der Waals surface area contributed by atoms with Crippen LogP contribution in [0, 0.1) is 0 Å². The van der Waals surface area contributed by atoms with Crippen molar-refractivity contribution < 1.29 is 22.7 Å². The van der Waals surface area contributed by atoms with Crippen LogP contribution in [0.1, 0.15) is 18.1 Å². The number of halogens is 2. The van der Waals surface area contributed by atoms with Gasteiger partial charge in [-0.3, -0.25) is 13.9 Å². The van der Waals surface area contributed by atoms with E-state index in [9.17, 15) is 18.0 Å². The molecule has 4 aromatic carbocycles. The van der Waals surface area contributed by atoms with E-state index in [4.69, 9.17) is 27.9 Å². The summed E-state index contributed by atoms with van der Waals surface area (Å²) in [6.45, 7) is 1.56. The zero-order valence-electron chi connectivity index (χ0n) is 24.3. The van der Waals surface area contributed by atoms with E-state index < -0.39 is 28.5 Å². The van der Waals surface area contributed by atoms with Gasteiger partial charge in [-0.1, -0.05) is 83.9 Å². The second-order valence-electron chi connectivity index (χ2n) is 9.90. The third-order valence-corrected chi connectivity index (χ3v) is 9.44. The van der Waals surface area contributed by atoms with Crippen LogP contribution in [-0.4, -0.2) is 51.4 Å². The number of likely N-dealkylation sites (N-methyl/N-ethyl adjacent to an activating group) is 1. The third-order valence-electron chi connectivity index (χ3n) is 6.91. The first-order chi connectivity index (χ1) is 21.1. The normalized spacial score (nSPS) is 11.8. The predicted octanol–water partition coefficient (Wildman–Crippen LogP) is 5.97. The molecule has 1 atom stereocenters. The summed E-state index contributed by atoms with van der Waals surface area (Å²) in [4.78, 5) is 29.4. The monoisotopic (exact) mass is 653 g/mol. The molecular weight excluding hydrogens is 621 g/mol. The molecular formula is C33H33Cl2N3O5S. The maximum Gasteiger partial charge on any atom is 0.264 e. The molecule has 1 unspecified atom stereocenters. The molecule has 0 saturated heterocycles. The predicted molar refractivity (Wildman–Crippen MR) is 174 cm³/mol. The number of methoxy groups -OCH3 is 1. The molecule has 4 rings (SSSR count). The van der Waals surface area contributed by atoms with Crippen molar-refractivity contribution in [2.75, 3.05) is 24.5 Å². The molecule has 8 nitrogen and oxygen atoms in total. The Kier molecular flexibility index (Phi) is 11.3. The van der Waals surface area contributed by atoms with Crippen LogP contribution in [0.2, 0.25) is 10.0 Å². The van der Waals surface area contributed by atoms with E-state index in [0.29, 0.717) is 17.9 Å². The first-order valence-electron chi connectivity index (χ1n) is 13.9. The van der Waals surface area contributed by atoms with Gasteiger partial charge in [0.1, 0.15) is 18.3 Å². The first-order valence-corrected chi connectivity index (χ1v) is 16.1. The van der Waals surface area contributed by atoms with E-state index in [2.05, 4.69) is 5.32 Å². The number of sulfonamides is 1. The van der Waals surface area contributed by atoms with Gasteiger partial charge in [-0.25, -0.2) is 8.42 Å². The van der Waals surface area contributed by atoms with Gasteiger partial charge in [0.15, 0.2) is 0 Å².